The van der Waals surface area contributed by atoms with E-state index in [1.54, 1.807) is 0 Å². The van der Waals surface area contributed by atoms with Gasteiger partial charge in [0.1, 0.15) is 11.1 Å². The van der Waals surface area contributed by atoms with Gasteiger partial charge in [-0.1, -0.05) is 123 Å². The molecule has 0 saturated heterocycles. The average Bonchev–Trinajstić information content (AvgIpc) is 2.97. The van der Waals surface area contributed by atoms with Gasteiger partial charge in [0.2, 0.25) is 0 Å². The lowest BCUT2D eigenvalue weighted by Crippen LogP contribution is -2.27. The van der Waals surface area contributed by atoms with Crippen molar-refractivity contribution < 1.29 is 38.1 Å². The second-order valence-electron chi connectivity index (χ2n) is 10.2. The first kappa shape index (κ1) is 38.2. The van der Waals surface area contributed by atoms with E-state index < -0.39 is 46.5 Å². The van der Waals surface area contributed by atoms with Gasteiger partial charge in [-0.05, 0) is 36.8 Å². The van der Waals surface area contributed by atoms with Crippen LogP contribution in [0.15, 0.2) is 12.1 Å². The number of carbonyl (C=O) groups is 4. The lowest BCUT2D eigenvalue weighted by atomic mass is 10.1. The highest BCUT2D eigenvalue weighted by molar-refractivity contribution is 6.47. The molecule has 2 aromatic rings. The lowest BCUT2D eigenvalue weighted by Gasteiger charge is -2.17. The first-order chi connectivity index (χ1) is 20.7. The number of hydrogen-bond donors (Lipinski definition) is 0. The van der Waals surface area contributed by atoms with Crippen molar-refractivity contribution >= 4 is 93.5 Å². The molecule has 0 aliphatic carbocycles. The summed E-state index contributed by atoms with van der Waals surface area (Å²) in [6, 6.07) is 2.23. The number of benzene rings is 2. The monoisotopic (exact) mass is 730 g/mol. The van der Waals surface area contributed by atoms with Crippen LogP contribution in [0.25, 0.3) is 0 Å². The summed E-state index contributed by atoms with van der Waals surface area (Å²) >= 11 is 37.1. The Bertz CT molecular complexity index is 1280. The van der Waals surface area contributed by atoms with Gasteiger partial charge >= 0.3 is 23.9 Å². The molecule has 0 fully saturated rings. The Kier molecular flexibility index (Phi) is 15.9. The maximum atomic E-state index is 13.0. The van der Waals surface area contributed by atoms with E-state index in [2.05, 4.69) is 0 Å². The van der Waals surface area contributed by atoms with E-state index in [1.807, 2.05) is 27.7 Å². The molecule has 0 saturated carbocycles. The topological polar surface area (TPSA) is 105 Å². The van der Waals surface area contributed by atoms with Gasteiger partial charge in [-0.2, -0.15) is 0 Å². The van der Waals surface area contributed by atoms with Gasteiger partial charge in [0, 0.05) is 0 Å². The minimum absolute atomic E-state index is 0.0321. The summed E-state index contributed by atoms with van der Waals surface area (Å²) in [5, 5.41) is -1.52. The van der Waals surface area contributed by atoms with Crippen molar-refractivity contribution in [2.45, 2.75) is 66.2 Å². The fraction of sp³-hybridized carbons (Fsp3) is 0.467. The van der Waals surface area contributed by atoms with Gasteiger partial charge in [-0.25, -0.2) is 19.2 Å². The smallest absolute Gasteiger partial charge is 0.423 e. The molecule has 0 spiro atoms. The molecule has 8 nitrogen and oxygen atoms in total. The van der Waals surface area contributed by atoms with Crippen LogP contribution in [0.5, 0.6) is 11.5 Å². The molecule has 2 rings (SSSR count). The fourth-order valence-electron chi connectivity index (χ4n) is 3.84. The molecular weight excluding hydrogens is 701 g/mol. The summed E-state index contributed by atoms with van der Waals surface area (Å²) in [5.41, 5.74) is -0.941. The first-order valence-corrected chi connectivity index (χ1v) is 16.1. The number of carbonyl (C=O) groups excluding carboxylic acids is 4. The Hall–Kier alpha value is -1.94. The second kappa shape index (κ2) is 18.3. The van der Waals surface area contributed by atoms with Gasteiger partial charge < -0.3 is 18.9 Å². The minimum Gasteiger partial charge on any atom is -0.462 e. The van der Waals surface area contributed by atoms with E-state index in [0.29, 0.717) is 0 Å². The summed E-state index contributed by atoms with van der Waals surface area (Å²) < 4.78 is 21.0. The molecule has 2 unspecified atom stereocenters. The maximum absolute atomic E-state index is 13.0. The van der Waals surface area contributed by atoms with Crippen molar-refractivity contribution in [3.63, 3.8) is 0 Å². The van der Waals surface area contributed by atoms with Crippen LogP contribution in [0, 0.1) is 11.8 Å². The Morgan fingerprint density at radius 3 is 1.27 bits per heavy atom. The van der Waals surface area contributed by atoms with Gasteiger partial charge in [-0.15, -0.1) is 0 Å². The third kappa shape index (κ3) is 10.6. The molecule has 2 aromatic carbocycles. The molecule has 0 radical (unpaired) electrons. The van der Waals surface area contributed by atoms with Crippen molar-refractivity contribution in [3.8, 4) is 11.5 Å². The summed E-state index contributed by atoms with van der Waals surface area (Å²) in [6.07, 6.45) is 5.44. The Morgan fingerprint density at radius 2 is 0.955 bits per heavy atom. The van der Waals surface area contributed by atoms with Crippen LogP contribution in [-0.4, -0.2) is 37.1 Å². The SMILES string of the molecule is CCCCC(C)COC(=O)c1c(Cl)c(Cl)cc(Cl)c1OC(=O)C(=O)Oc1c(Cl)cc(Cl)c(Cl)c1C(=O)OCC(C)CCCC. The predicted molar refractivity (Wildman–Crippen MR) is 172 cm³/mol. The fourth-order valence-corrected chi connectivity index (χ4v) is 5.28. The molecule has 0 heterocycles. The van der Waals surface area contributed by atoms with Crippen LogP contribution in [0.4, 0.5) is 0 Å². The summed E-state index contributed by atoms with van der Waals surface area (Å²) in [4.78, 5) is 51.7. The van der Waals surface area contributed by atoms with E-state index in [-0.39, 0.29) is 55.2 Å². The van der Waals surface area contributed by atoms with Gasteiger partial charge in [0.25, 0.3) is 0 Å². The lowest BCUT2D eigenvalue weighted by molar-refractivity contribution is -0.156. The number of halogens is 6. The Balaban J connectivity index is 2.33. The zero-order chi connectivity index (χ0) is 33.1. The van der Waals surface area contributed by atoms with Crippen LogP contribution >= 0.6 is 69.6 Å². The van der Waals surface area contributed by atoms with E-state index >= 15 is 0 Å². The van der Waals surface area contributed by atoms with Crippen molar-refractivity contribution in [2.75, 3.05) is 13.2 Å². The molecule has 0 amide bonds. The van der Waals surface area contributed by atoms with Crippen molar-refractivity contribution in [1.29, 1.82) is 0 Å². The van der Waals surface area contributed by atoms with Crippen LogP contribution in [0.2, 0.25) is 30.1 Å². The molecular formula is C30H32Cl6O8. The zero-order valence-electron chi connectivity index (χ0n) is 24.5. The van der Waals surface area contributed by atoms with Gasteiger partial charge in [0.05, 0.1) is 43.3 Å². The first-order valence-electron chi connectivity index (χ1n) is 13.9. The van der Waals surface area contributed by atoms with Crippen molar-refractivity contribution in [3.05, 3.63) is 53.4 Å². The maximum Gasteiger partial charge on any atom is 0.423 e. The van der Waals surface area contributed by atoms with E-state index in [4.69, 9.17) is 88.6 Å². The molecule has 0 aromatic heterocycles. The second-order valence-corrected chi connectivity index (χ2v) is 12.6. The zero-order valence-corrected chi connectivity index (χ0v) is 29.0. The number of esters is 4. The average molecular weight is 733 g/mol. The van der Waals surface area contributed by atoms with Crippen LogP contribution in [-0.2, 0) is 19.1 Å². The number of rotatable bonds is 14. The van der Waals surface area contributed by atoms with Gasteiger partial charge in [-0.3, -0.25) is 0 Å². The highest BCUT2D eigenvalue weighted by atomic mass is 35.5. The molecule has 0 aliphatic rings. The van der Waals surface area contributed by atoms with Crippen molar-refractivity contribution in [1.82, 2.24) is 0 Å². The van der Waals surface area contributed by atoms with Crippen molar-refractivity contribution in [2.24, 2.45) is 11.8 Å². The quantitative estimate of drug-likeness (QED) is 0.0818. The highest BCUT2D eigenvalue weighted by Gasteiger charge is 2.32. The molecule has 44 heavy (non-hydrogen) atoms. The predicted octanol–water partition coefficient (Wildman–Crippen LogP) is 10.1. The standard InChI is InChI=1S/C30H32Cl6O8/c1-5-7-9-15(3)13-41-27(37)21-23(35)17(31)11-19(33)25(21)43-29(39)30(40)44-26-20(34)12-18(32)24(36)22(26)28(38)42-14-16(4)10-8-6-2/h11-12,15-16H,5-10,13-14H2,1-4H3. The van der Waals surface area contributed by atoms with E-state index in [1.165, 1.54) is 0 Å². The summed E-state index contributed by atoms with van der Waals surface area (Å²) in [7, 11) is 0. The molecule has 14 heteroatoms. The molecule has 242 valence electrons. The summed E-state index contributed by atoms with van der Waals surface area (Å²) in [6.45, 7) is 7.96. The molecule has 0 N–H and O–H groups in total. The van der Waals surface area contributed by atoms with Gasteiger partial charge in [0.15, 0.2) is 11.5 Å². The largest absolute Gasteiger partial charge is 0.462 e. The number of unbranched alkanes of at least 4 members (excludes halogenated alkanes) is 2. The molecule has 0 bridgehead atoms. The molecule has 0 aliphatic heterocycles. The summed E-state index contributed by atoms with van der Waals surface area (Å²) in [5.74, 6) is -6.37. The highest BCUT2D eigenvalue weighted by Crippen LogP contribution is 2.42. The van der Waals surface area contributed by atoms with Crippen LogP contribution in [0.3, 0.4) is 0 Å². The Labute approximate surface area is 286 Å². The number of ether oxygens (including phenoxy) is 4. The third-order valence-corrected chi connectivity index (χ3v) is 8.45. The normalized spacial score (nSPS) is 12.3. The van der Waals surface area contributed by atoms with Crippen LogP contribution < -0.4 is 9.47 Å². The van der Waals surface area contributed by atoms with E-state index in [9.17, 15) is 19.2 Å². The number of hydrogen-bond acceptors (Lipinski definition) is 8. The molecule has 2 atom stereocenters. The minimum atomic E-state index is -1.65. The third-order valence-electron chi connectivity index (χ3n) is 6.32. The van der Waals surface area contributed by atoms with Crippen LogP contribution in [0.1, 0.15) is 86.9 Å². The Morgan fingerprint density at radius 1 is 0.614 bits per heavy atom. The van der Waals surface area contributed by atoms with E-state index in [0.717, 1.165) is 50.7 Å².